The number of esters is 1. The molecule has 5 heteroatoms. The van der Waals surface area contributed by atoms with Gasteiger partial charge in [-0.2, -0.15) is 0 Å². The van der Waals surface area contributed by atoms with Crippen LogP contribution in [0.1, 0.15) is 103 Å². The number of carbonyl (C=O) groups is 4. The third-order valence-electron chi connectivity index (χ3n) is 6.78. The lowest BCUT2D eigenvalue weighted by molar-refractivity contribution is -0.136. The van der Waals surface area contributed by atoms with Crippen LogP contribution in [0.2, 0.25) is 0 Å². The number of carbonyl (C=O) groups excluding carboxylic acids is 4. The molecule has 0 heterocycles. The zero-order valence-corrected chi connectivity index (χ0v) is 21.0. The molecule has 4 rings (SSSR count). The topological polar surface area (TPSA) is 77.5 Å². The van der Waals surface area contributed by atoms with E-state index in [0.717, 1.165) is 32.1 Å². The highest BCUT2D eigenvalue weighted by Crippen LogP contribution is 2.45. The molecule has 0 spiro atoms. The number of rotatable bonds is 12. The zero-order chi connectivity index (χ0) is 25.7. The van der Waals surface area contributed by atoms with Crippen LogP contribution in [0.3, 0.4) is 0 Å². The normalized spacial score (nSPS) is 14.4. The van der Waals surface area contributed by atoms with Crippen LogP contribution in [0, 0.1) is 0 Å². The van der Waals surface area contributed by atoms with Crippen molar-refractivity contribution in [2.45, 2.75) is 71.6 Å². The summed E-state index contributed by atoms with van der Waals surface area (Å²) in [5.74, 6) is -0.931. The lowest BCUT2D eigenvalue weighted by Gasteiger charge is -2.11. The monoisotopic (exact) mass is 484 g/mol. The number of fused-ring (bicyclic) bond motifs is 2. The molecular formula is C31H32O5. The predicted molar refractivity (Wildman–Crippen MR) is 139 cm³/mol. The van der Waals surface area contributed by atoms with E-state index in [1.807, 2.05) is 12.1 Å². The van der Waals surface area contributed by atoms with Gasteiger partial charge in [-0.25, -0.2) is 0 Å². The first-order valence-electron chi connectivity index (χ1n) is 13.0. The third-order valence-corrected chi connectivity index (χ3v) is 6.78. The Hall–Kier alpha value is -3.60. The zero-order valence-electron chi connectivity index (χ0n) is 21.0. The quantitative estimate of drug-likeness (QED) is 0.242. The van der Waals surface area contributed by atoms with E-state index in [4.69, 9.17) is 4.74 Å². The van der Waals surface area contributed by atoms with Crippen molar-refractivity contribution in [2.75, 3.05) is 0 Å². The summed E-state index contributed by atoms with van der Waals surface area (Å²) in [6.45, 7) is 4.14. The van der Waals surface area contributed by atoms with Gasteiger partial charge >= 0.3 is 5.97 Å². The van der Waals surface area contributed by atoms with Gasteiger partial charge in [-0.05, 0) is 24.0 Å². The molecule has 0 atom stereocenters. The Morgan fingerprint density at radius 2 is 1.19 bits per heavy atom. The Morgan fingerprint density at radius 1 is 0.667 bits per heavy atom. The fraction of sp³-hybridized carbons (Fsp3) is 0.355. The van der Waals surface area contributed by atoms with Gasteiger partial charge in [-0.1, -0.05) is 88.1 Å². The smallest absolute Gasteiger partial charge is 0.311 e. The van der Waals surface area contributed by atoms with Crippen molar-refractivity contribution in [1.29, 1.82) is 0 Å². The van der Waals surface area contributed by atoms with E-state index in [9.17, 15) is 19.2 Å². The van der Waals surface area contributed by atoms with Crippen molar-refractivity contribution in [1.82, 2.24) is 0 Å². The lowest BCUT2D eigenvalue weighted by atomic mass is 9.93. The molecule has 0 N–H and O–H groups in total. The Balaban J connectivity index is 1.81. The molecular weight excluding hydrogens is 452 g/mol. The molecule has 2 aliphatic rings. The van der Waals surface area contributed by atoms with Crippen molar-refractivity contribution in [3.05, 3.63) is 81.9 Å². The molecule has 2 aliphatic carbocycles. The summed E-state index contributed by atoms with van der Waals surface area (Å²) in [4.78, 5) is 53.0. The van der Waals surface area contributed by atoms with E-state index in [2.05, 4.69) is 13.8 Å². The van der Waals surface area contributed by atoms with Gasteiger partial charge in [0.1, 0.15) is 5.78 Å². The van der Waals surface area contributed by atoms with Gasteiger partial charge in [0.15, 0.2) is 17.3 Å². The molecule has 0 amide bonds. The summed E-state index contributed by atoms with van der Waals surface area (Å²) in [7, 11) is 0. The van der Waals surface area contributed by atoms with Crippen LogP contribution in [0.25, 0.3) is 11.3 Å². The average molecular weight is 485 g/mol. The molecule has 0 aromatic heterocycles. The molecule has 2 aromatic rings. The number of Topliss-reactive ketones (excluding diaryl/α,β-unsaturated/α-hetero) is 3. The maximum atomic E-state index is 13.7. The number of unbranched alkanes of at least 4 members (excludes halogenated alkanes) is 4. The second-order valence-corrected chi connectivity index (χ2v) is 9.41. The second-order valence-electron chi connectivity index (χ2n) is 9.41. The molecule has 186 valence electrons. The molecule has 0 fully saturated rings. The lowest BCUT2D eigenvalue weighted by Crippen LogP contribution is -2.11. The van der Waals surface area contributed by atoms with Crippen LogP contribution in [0.5, 0.6) is 0 Å². The summed E-state index contributed by atoms with van der Waals surface area (Å²) < 4.78 is 5.81. The average Bonchev–Trinajstić information content (AvgIpc) is 3.30. The minimum atomic E-state index is -0.429. The standard InChI is InChI=1S/C31H32O5/c1-3-5-7-13-20(32)19-25-21-14-9-10-15-22(21)29(34)27(25)28-30(35)23-16-11-12-17-24(23)31(28)36-26(33)18-8-6-4-2/h9-12,14-17H,3-8,13,18-19H2,1-2H3. The molecule has 0 unspecified atom stereocenters. The van der Waals surface area contributed by atoms with Gasteiger partial charge in [0.25, 0.3) is 0 Å². The van der Waals surface area contributed by atoms with Crippen LogP contribution in [0.15, 0.2) is 59.7 Å². The minimum absolute atomic E-state index is 0.0297. The van der Waals surface area contributed by atoms with Gasteiger partial charge < -0.3 is 4.74 Å². The first kappa shape index (κ1) is 25.5. The number of ketones is 3. The molecule has 0 aliphatic heterocycles. The predicted octanol–water partition coefficient (Wildman–Crippen LogP) is 6.91. The van der Waals surface area contributed by atoms with E-state index < -0.39 is 5.97 Å². The van der Waals surface area contributed by atoms with E-state index in [1.165, 1.54) is 0 Å². The Bertz CT molecular complexity index is 1180. The highest BCUT2D eigenvalue weighted by molar-refractivity contribution is 6.35. The van der Waals surface area contributed by atoms with E-state index in [0.29, 0.717) is 40.7 Å². The number of hydrogen-bond donors (Lipinski definition) is 0. The maximum absolute atomic E-state index is 13.7. The van der Waals surface area contributed by atoms with Crippen LogP contribution < -0.4 is 0 Å². The highest BCUT2D eigenvalue weighted by Gasteiger charge is 2.41. The second kappa shape index (κ2) is 11.4. The molecule has 0 saturated heterocycles. The highest BCUT2D eigenvalue weighted by atomic mass is 16.5. The van der Waals surface area contributed by atoms with Crippen molar-refractivity contribution in [2.24, 2.45) is 0 Å². The van der Waals surface area contributed by atoms with Crippen LogP contribution in [-0.2, 0) is 14.3 Å². The van der Waals surface area contributed by atoms with Gasteiger partial charge in [0.05, 0.1) is 5.57 Å². The first-order chi connectivity index (χ1) is 17.5. The Morgan fingerprint density at radius 3 is 1.83 bits per heavy atom. The van der Waals surface area contributed by atoms with Gasteiger partial charge in [0.2, 0.25) is 0 Å². The summed E-state index contributed by atoms with van der Waals surface area (Å²) in [5, 5.41) is 0. The van der Waals surface area contributed by atoms with Crippen LogP contribution in [-0.4, -0.2) is 23.3 Å². The fourth-order valence-corrected chi connectivity index (χ4v) is 4.93. The number of benzene rings is 2. The summed E-state index contributed by atoms with van der Waals surface area (Å²) in [6.07, 6.45) is 6.05. The molecule has 5 nitrogen and oxygen atoms in total. The van der Waals surface area contributed by atoms with E-state index >= 15 is 0 Å². The fourth-order valence-electron chi connectivity index (χ4n) is 4.93. The number of hydrogen-bond acceptors (Lipinski definition) is 5. The first-order valence-corrected chi connectivity index (χ1v) is 13.0. The largest absolute Gasteiger partial charge is 0.425 e. The molecule has 36 heavy (non-hydrogen) atoms. The number of allylic oxidation sites excluding steroid dienone is 3. The summed E-state index contributed by atoms with van der Waals surface area (Å²) >= 11 is 0. The third kappa shape index (κ3) is 5.01. The van der Waals surface area contributed by atoms with Crippen molar-refractivity contribution in [3.63, 3.8) is 0 Å². The Kier molecular flexibility index (Phi) is 8.09. The molecule has 0 saturated carbocycles. The summed E-state index contributed by atoms with van der Waals surface area (Å²) in [6, 6.07) is 14.1. The van der Waals surface area contributed by atoms with Crippen LogP contribution in [0.4, 0.5) is 0 Å². The van der Waals surface area contributed by atoms with Crippen molar-refractivity contribution >= 4 is 34.7 Å². The molecule has 0 bridgehead atoms. The molecule has 2 aromatic carbocycles. The van der Waals surface area contributed by atoms with E-state index in [-0.39, 0.29) is 47.1 Å². The summed E-state index contributed by atoms with van der Waals surface area (Å²) in [5.41, 5.74) is 2.88. The number of ether oxygens (including phenoxy) is 1. The van der Waals surface area contributed by atoms with Gasteiger partial charge in [0, 0.05) is 41.5 Å². The van der Waals surface area contributed by atoms with Crippen molar-refractivity contribution in [3.8, 4) is 0 Å². The Labute approximate surface area is 212 Å². The SMILES string of the molecule is CCCCCC(=O)CC1=C(C2=C(OC(=O)CCCCC)c3ccccc3C2=O)C(=O)c2ccccc21. The van der Waals surface area contributed by atoms with Gasteiger partial charge in [-0.3, -0.25) is 19.2 Å². The van der Waals surface area contributed by atoms with Gasteiger partial charge in [-0.15, -0.1) is 0 Å². The molecule has 0 radical (unpaired) electrons. The van der Waals surface area contributed by atoms with E-state index in [1.54, 1.807) is 36.4 Å². The maximum Gasteiger partial charge on any atom is 0.311 e. The van der Waals surface area contributed by atoms with Crippen LogP contribution >= 0.6 is 0 Å². The minimum Gasteiger partial charge on any atom is -0.425 e. The van der Waals surface area contributed by atoms with Crippen molar-refractivity contribution < 1.29 is 23.9 Å².